The molecule has 0 aliphatic carbocycles. The molecule has 1 unspecified atom stereocenters. The maximum Gasteiger partial charge on any atom is 0.244 e. The van der Waals surface area contributed by atoms with Crippen molar-refractivity contribution in [1.29, 1.82) is 0 Å². The number of likely N-dealkylation sites (N-methyl/N-ethyl adjacent to an activating group) is 1. The monoisotopic (exact) mass is 290 g/mol. The largest absolute Gasteiger partial charge is 0.349 e. The van der Waals surface area contributed by atoms with E-state index >= 15 is 0 Å². The molecule has 2 heterocycles. The van der Waals surface area contributed by atoms with E-state index in [0.29, 0.717) is 6.54 Å². The van der Waals surface area contributed by atoms with Crippen LogP contribution in [0, 0.1) is 0 Å². The second-order valence-corrected chi connectivity index (χ2v) is 4.98. The van der Waals surface area contributed by atoms with Crippen LogP contribution in [0.4, 0.5) is 0 Å². The molecule has 1 aliphatic heterocycles. The summed E-state index contributed by atoms with van der Waals surface area (Å²) in [7, 11) is 1.62. The van der Waals surface area contributed by atoms with Gasteiger partial charge in [-0.2, -0.15) is 0 Å². The molecule has 7 heteroatoms. The van der Waals surface area contributed by atoms with E-state index in [0.717, 1.165) is 5.69 Å². The zero-order valence-electron chi connectivity index (χ0n) is 12.1. The molecule has 0 saturated carbocycles. The minimum absolute atomic E-state index is 0.0620. The predicted octanol–water partition coefficient (Wildman–Crippen LogP) is -0.613. The Morgan fingerprint density at radius 3 is 2.81 bits per heavy atom. The predicted molar refractivity (Wildman–Crippen MR) is 74.9 cm³/mol. The van der Waals surface area contributed by atoms with Gasteiger partial charge in [0.15, 0.2) is 0 Å². The number of nitrogens with zero attached hydrogens (tertiary/aromatic N) is 3. The van der Waals surface area contributed by atoms with Crippen LogP contribution >= 0.6 is 0 Å². The average Bonchev–Trinajstić information content (AvgIpc) is 2.48. The maximum atomic E-state index is 12.3. The fraction of sp³-hybridized carbons (Fsp3) is 0.429. The molecule has 1 N–H and O–H groups in total. The van der Waals surface area contributed by atoms with E-state index in [-0.39, 0.29) is 30.8 Å². The molecule has 1 aromatic rings. The van der Waals surface area contributed by atoms with Gasteiger partial charge in [0.25, 0.3) is 0 Å². The highest BCUT2D eigenvalue weighted by molar-refractivity contribution is 5.92. The van der Waals surface area contributed by atoms with Gasteiger partial charge in [0.2, 0.25) is 17.7 Å². The van der Waals surface area contributed by atoms with Gasteiger partial charge in [0, 0.05) is 26.7 Å². The zero-order valence-corrected chi connectivity index (χ0v) is 12.1. The van der Waals surface area contributed by atoms with E-state index in [1.54, 1.807) is 25.4 Å². The summed E-state index contributed by atoms with van der Waals surface area (Å²) in [5, 5.41) is 2.76. The molecule has 0 spiro atoms. The van der Waals surface area contributed by atoms with Crippen LogP contribution in [0.25, 0.3) is 0 Å². The van der Waals surface area contributed by atoms with Crippen molar-refractivity contribution in [2.75, 3.05) is 20.1 Å². The second-order valence-electron chi connectivity index (χ2n) is 4.98. The lowest BCUT2D eigenvalue weighted by Gasteiger charge is -2.37. The average molecular weight is 290 g/mol. The summed E-state index contributed by atoms with van der Waals surface area (Å²) in [5.41, 5.74) is 0.737. The molecular formula is C14H18N4O3. The summed E-state index contributed by atoms with van der Waals surface area (Å²) in [6.07, 6.45) is 1.65. The number of nitrogens with one attached hydrogen (secondary N) is 1. The lowest BCUT2D eigenvalue weighted by atomic mass is 10.1. The zero-order chi connectivity index (χ0) is 15.4. The topological polar surface area (TPSA) is 82.6 Å². The Hall–Kier alpha value is -2.44. The van der Waals surface area contributed by atoms with Crippen molar-refractivity contribution in [3.8, 4) is 0 Å². The number of hydrogen-bond donors (Lipinski definition) is 1. The molecule has 7 nitrogen and oxygen atoms in total. The fourth-order valence-electron chi connectivity index (χ4n) is 2.19. The molecular weight excluding hydrogens is 272 g/mol. The summed E-state index contributed by atoms with van der Waals surface area (Å²) >= 11 is 0. The van der Waals surface area contributed by atoms with Crippen molar-refractivity contribution in [2.24, 2.45) is 0 Å². The molecule has 1 atom stereocenters. The van der Waals surface area contributed by atoms with Gasteiger partial charge in [-0.25, -0.2) is 0 Å². The van der Waals surface area contributed by atoms with Gasteiger partial charge in [-0.1, -0.05) is 6.07 Å². The highest BCUT2D eigenvalue weighted by Gasteiger charge is 2.36. The first-order valence-corrected chi connectivity index (χ1v) is 6.68. The molecule has 1 fully saturated rings. The standard InChI is InChI=1S/C14H18N4O3/c1-10(19)18-9-13(20)17(2)8-12(18)14(21)16-7-11-5-3-4-6-15-11/h3-6,12H,7-9H2,1-2H3,(H,16,21). The molecule has 21 heavy (non-hydrogen) atoms. The quantitative estimate of drug-likeness (QED) is 0.805. The number of hydrogen-bond acceptors (Lipinski definition) is 4. The van der Waals surface area contributed by atoms with Crippen molar-refractivity contribution < 1.29 is 14.4 Å². The molecule has 1 aliphatic rings. The Morgan fingerprint density at radius 1 is 1.43 bits per heavy atom. The van der Waals surface area contributed by atoms with Gasteiger partial charge in [-0.15, -0.1) is 0 Å². The summed E-state index contributed by atoms with van der Waals surface area (Å²) in [5.74, 6) is -0.733. The summed E-state index contributed by atoms with van der Waals surface area (Å²) in [6.45, 7) is 1.79. The van der Waals surface area contributed by atoms with E-state index in [1.807, 2.05) is 6.07 Å². The number of pyridine rings is 1. The second kappa shape index (κ2) is 6.34. The van der Waals surface area contributed by atoms with Crippen LogP contribution in [-0.4, -0.2) is 58.7 Å². The number of rotatable bonds is 3. The van der Waals surface area contributed by atoms with Crippen LogP contribution in [0.15, 0.2) is 24.4 Å². The molecule has 1 aromatic heterocycles. The van der Waals surface area contributed by atoms with Crippen molar-refractivity contribution in [3.63, 3.8) is 0 Å². The van der Waals surface area contributed by atoms with Gasteiger partial charge in [0.05, 0.1) is 12.2 Å². The lowest BCUT2D eigenvalue weighted by molar-refractivity contribution is -0.151. The van der Waals surface area contributed by atoms with Crippen LogP contribution in [0.2, 0.25) is 0 Å². The maximum absolute atomic E-state index is 12.3. The van der Waals surface area contributed by atoms with E-state index in [1.165, 1.54) is 16.7 Å². The number of amides is 3. The van der Waals surface area contributed by atoms with E-state index in [4.69, 9.17) is 0 Å². The van der Waals surface area contributed by atoms with Crippen molar-refractivity contribution >= 4 is 17.7 Å². The number of carbonyl (C=O) groups excluding carboxylic acids is 3. The van der Waals surface area contributed by atoms with Crippen LogP contribution in [-0.2, 0) is 20.9 Å². The van der Waals surface area contributed by atoms with Crippen molar-refractivity contribution in [3.05, 3.63) is 30.1 Å². The first-order chi connectivity index (χ1) is 9.99. The van der Waals surface area contributed by atoms with E-state index < -0.39 is 6.04 Å². The summed E-state index contributed by atoms with van der Waals surface area (Å²) in [6, 6.07) is 4.78. The molecule has 0 radical (unpaired) electrons. The van der Waals surface area contributed by atoms with Gasteiger partial charge >= 0.3 is 0 Å². The number of aromatic nitrogens is 1. The Balaban J connectivity index is 2.02. The lowest BCUT2D eigenvalue weighted by Crippen LogP contribution is -2.61. The van der Waals surface area contributed by atoms with Crippen molar-refractivity contribution in [2.45, 2.75) is 19.5 Å². The van der Waals surface area contributed by atoms with Gasteiger partial charge < -0.3 is 15.1 Å². The SMILES string of the molecule is CC(=O)N1CC(=O)N(C)CC1C(=O)NCc1ccccn1. The summed E-state index contributed by atoms with van der Waals surface area (Å²) < 4.78 is 0. The molecule has 1 saturated heterocycles. The third-order valence-electron chi connectivity index (χ3n) is 3.43. The Morgan fingerprint density at radius 2 is 2.19 bits per heavy atom. The van der Waals surface area contributed by atoms with Gasteiger partial charge in [-0.3, -0.25) is 19.4 Å². The normalized spacial score (nSPS) is 18.6. The summed E-state index contributed by atoms with van der Waals surface area (Å²) in [4.78, 5) is 42.4. The van der Waals surface area contributed by atoms with E-state index in [9.17, 15) is 14.4 Å². The molecule has 2 rings (SSSR count). The Bertz CT molecular complexity index is 546. The third-order valence-corrected chi connectivity index (χ3v) is 3.43. The highest BCUT2D eigenvalue weighted by atomic mass is 16.2. The fourth-order valence-corrected chi connectivity index (χ4v) is 2.19. The first kappa shape index (κ1) is 15.0. The minimum Gasteiger partial charge on any atom is -0.349 e. The molecule has 112 valence electrons. The van der Waals surface area contributed by atoms with Crippen LogP contribution in [0.3, 0.4) is 0 Å². The smallest absolute Gasteiger partial charge is 0.244 e. The van der Waals surface area contributed by atoms with Gasteiger partial charge in [-0.05, 0) is 12.1 Å². The number of piperazine rings is 1. The van der Waals surface area contributed by atoms with Crippen LogP contribution < -0.4 is 5.32 Å². The Kier molecular flexibility index (Phi) is 4.52. The third kappa shape index (κ3) is 3.56. The van der Waals surface area contributed by atoms with Crippen LogP contribution in [0.5, 0.6) is 0 Å². The highest BCUT2D eigenvalue weighted by Crippen LogP contribution is 2.10. The van der Waals surface area contributed by atoms with Crippen LogP contribution in [0.1, 0.15) is 12.6 Å². The minimum atomic E-state index is -0.658. The van der Waals surface area contributed by atoms with Crippen molar-refractivity contribution in [1.82, 2.24) is 20.1 Å². The Labute approximate surface area is 122 Å². The first-order valence-electron chi connectivity index (χ1n) is 6.68. The molecule has 3 amide bonds. The molecule has 0 aromatic carbocycles. The van der Waals surface area contributed by atoms with E-state index in [2.05, 4.69) is 10.3 Å². The molecule has 0 bridgehead atoms. The van der Waals surface area contributed by atoms with Gasteiger partial charge in [0.1, 0.15) is 12.6 Å². The number of carbonyl (C=O) groups is 3.